The molecule has 5 nitrogen and oxygen atoms in total. The highest BCUT2D eigenvalue weighted by atomic mass is 79.9. The summed E-state index contributed by atoms with van der Waals surface area (Å²) in [7, 11) is 1.60. The number of nitrogens with zero attached hydrogens (tertiary/aromatic N) is 1. The van der Waals surface area contributed by atoms with Crippen LogP contribution in [0.15, 0.2) is 34.5 Å². The Balaban J connectivity index is 1.71. The van der Waals surface area contributed by atoms with E-state index in [-0.39, 0.29) is 17.3 Å². The van der Waals surface area contributed by atoms with Crippen molar-refractivity contribution in [2.45, 2.75) is 33.7 Å². The number of phenols is 1. The second-order valence-electron chi connectivity index (χ2n) is 8.86. The molecule has 1 N–H and O–H groups in total. The summed E-state index contributed by atoms with van der Waals surface area (Å²) in [5.74, 6) is 2.58. The lowest BCUT2D eigenvalue weighted by Crippen LogP contribution is -2.38. The van der Waals surface area contributed by atoms with E-state index in [1.54, 1.807) is 19.3 Å². The number of rotatable bonds is 4. The monoisotopic (exact) mass is 485 g/mol. The number of halogens is 1. The lowest BCUT2D eigenvalue weighted by atomic mass is 9.91. The third-order valence-corrected chi connectivity index (χ3v) is 6.52. The van der Waals surface area contributed by atoms with Crippen LogP contribution >= 0.6 is 15.9 Å². The van der Waals surface area contributed by atoms with Gasteiger partial charge in [-0.2, -0.15) is 0 Å². The molecule has 0 saturated carbocycles. The summed E-state index contributed by atoms with van der Waals surface area (Å²) in [5, 5.41) is 10.7. The molecule has 6 heteroatoms. The van der Waals surface area contributed by atoms with Crippen LogP contribution in [-0.4, -0.2) is 36.0 Å². The quantitative estimate of drug-likeness (QED) is 0.573. The number of Topliss-reactive ketones (excluding diaryl/α,β-unsaturated/α-hetero) is 1. The molecule has 2 aromatic rings. The van der Waals surface area contributed by atoms with E-state index in [0.717, 1.165) is 23.1 Å². The van der Waals surface area contributed by atoms with Gasteiger partial charge in [-0.05, 0) is 61.1 Å². The van der Waals surface area contributed by atoms with Crippen molar-refractivity contribution in [2.24, 2.45) is 11.8 Å². The highest BCUT2D eigenvalue weighted by molar-refractivity contribution is 9.10. The van der Waals surface area contributed by atoms with Crippen LogP contribution in [0.2, 0.25) is 0 Å². The summed E-state index contributed by atoms with van der Waals surface area (Å²) < 4.78 is 12.4. The minimum atomic E-state index is -0.170. The van der Waals surface area contributed by atoms with Crippen LogP contribution in [0, 0.1) is 18.8 Å². The molecule has 2 unspecified atom stereocenters. The second kappa shape index (κ2) is 8.67. The van der Waals surface area contributed by atoms with E-state index in [2.05, 4.69) is 34.7 Å². The average Bonchev–Trinajstić information content (AvgIpc) is 3.01. The molecular formula is C25H28BrNO4. The molecule has 0 spiro atoms. The molecule has 0 radical (unpaired) electrons. The van der Waals surface area contributed by atoms with Gasteiger partial charge in [-0.25, -0.2) is 0 Å². The summed E-state index contributed by atoms with van der Waals surface area (Å²) >= 11 is 3.47. The number of likely N-dealkylation sites (tertiary alicyclic amines) is 1. The van der Waals surface area contributed by atoms with Crippen molar-refractivity contribution in [1.29, 1.82) is 0 Å². The van der Waals surface area contributed by atoms with Crippen molar-refractivity contribution >= 4 is 27.8 Å². The van der Waals surface area contributed by atoms with E-state index in [4.69, 9.17) is 9.47 Å². The van der Waals surface area contributed by atoms with Crippen LogP contribution in [0.4, 0.5) is 0 Å². The minimum Gasteiger partial charge on any atom is -0.507 e. The van der Waals surface area contributed by atoms with Crippen molar-refractivity contribution in [3.63, 3.8) is 0 Å². The van der Waals surface area contributed by atoms with Crippen LogP contribution in [-0.2, 0) is 6.54 Å². The van der Waals surface area contributed by atoms with Crippen LogP contribution in [0.5, 0.6) is 17.2 Å². The van der Waals surface area contributed by atoms with Crippen LogP contribution in [0.3, 0.4) is 0 Å². The topological polar surface area (TPSA) is 59.0 Å². The van der Waals surface area contributed by atoms with Gasteiger partial charge in [0.2, 0.25) is 5.78 Å². The molecule has 2 aliphatic heterocycles. The third kappa shape index (κ3) is 4.37. The smallest absolute Gasteiger partial charge is 0.232 e. The van der Waals surface area contributed by atoms with Gasteiger partial charge < -0.3 is 14.6 Å². The molecule has 0 amide bonds. The Labute approximate surface area is 191 Å². The van der Waals surface area contributed by atoms with E-state index in [1.807, 2.05) is 25.1 Å². The lowest BCUT2D eigenvalue weighted by Gasteiger charge is -2.35. The minimum absolute atomic E-state index is 0.170. The number of phenolic OH excluding ortho intramolecular Hbond substituents is 1. The fraction of sp³-hybridized carbons (Fsp3) is 0.400. The summed E-state index contributed by atoms with van der Waals surface area (Å²) in [4.78, 5) is 15.6. The SMILES string of the molecule is COc1ccc(Br)cc1/C=C1/Oc2c(CN3CC(C)CC(C)C3)c(O)cc(C)c2C1=O. The molecule has 0 aromatic heterocycles. The van der Waals surface area contributed by atoms with Gasteiger partial charge in [0.05, 0.1) is 18.2 Å². The van der Waals surface area contributed by atoms with Gasteiger partial charge in [0.1, 0.15) is 17.2 Å². The largest absolute Gasteiger partial charge is 0.507 e. The Morgan fingerprint density at radius 3 is 2.65 bits per heavy atom. The van der Waals surface area contributed by atoms with Gasteiger partial charge in [0.15, 0.2) is 5.76 Å². The first-order chi connectivity index (χ1) is 14.8. The molecule has 1 saturated heterocycles. The highest BCUT2D eigenvalue weighted by Gasteiger charge is 2.34. The number of carbonyl (C=O) groups excluding carboxylic acids is 1. The highest BCUT2D eigenvalue weighted by Crippen LogP contribution is 2.43. The molecule has 2 atom stereocenters. The standard InChI is InChI=1S/C25H28BrNO4/c1-14-7-15(2)12-27(11-14)13-19-20(28)8-16(3)23-24(29)22(31-25(19)23)10-17-9-18(26)5-6-21(17)30-4/h5-6,8-10,14-15,28H,7,11-13H2,1-4H3/b22-10+. The van der Waals surface area contributed by atoms with Gasteiger partial charge in [0.25, 0.3) is 0 Å². The normalized spacial score (nSPS) is 22.5. The van der Waals surface area contributed by atoms with Gasteiger partial charge in [-0.3, -0.25) is 9.69 Å². The van der Waals surface area contributed by atoms with Gasteiger partial charge in [-0.1, -0.05) is 29.8 Å². The van der Waals surface area contributed by atoms with Crippen LogP contribution in [0.25, 0.3) is 6.08 Å². The fourth-order valence-corrected chi connectivity index (χ4v) is 5.22. The van der Waals surface area contributed by atoms with E-state index in [1.165, 1.54) is 6.42 Å². The molecule has 0 bridgehead atoms. The number of aromatic hydroxyl groups is 1. The number of fused-ring (bicyclic) bond motifs is 1. The Morgan fingerprint density at radius 1 is 1.26 bits per heavy atom. The Bertz CT molecular complexity index is 1050. The first-order valence-electron chi connectivity index (χ1n) is 10.6. The number of aryl methyl sites for hydroxylation is 1. The molecule has 0 aliphatic carbocycles. The second-order valence-corrected chi connectivity index (χ2v) is 9.78. The van der Waals surface area contributed by atoms with Crippen molar-refractivity contribution in [1.82, 2.24) is 4.90 Å². The molecule has 2 aromatic carbocycles. The predicted molar refractivity (Wildman–Crippen MR) is 125 cm³/mol. The third-order valence-electron chi connectivity index (χ3n) is 6.03. The maximum absolute atomic E-state index is 13.2. The number of piperidine rings is 1. The fourth-order valence-electron chi connectivity index (χ4n) is 4.84. The number of carbonyl (C=O) groups is 1. The van der Waals surface area contributed by atoms with Gasteiger partial charge in [-0.15, -0.1) is 0 Å². The number of benzene rings is 2. The van der Waals surface area contributed by atoms with E-state index in [9.17, 15) is 9.90 Å². The maximum Gasteiger partial charge on any atom is 0.232 e. The number of hydrogen-bond donors (Lipinski definition) is 1. The van der Waals surface area contributed by atoms with Gasteiger partial charge >= 0.3 is 0 Å². The molecule has 2 aliphatic rings. The van der Waals surface area contributed by atoms with Crippen molar-refractivity contribution in [3.8, 4) is 17.2 Å². The van der Waals surface area contributed by atoms with Crippen LogP contribution < -0.4 is 9.47 Å². The van der Waals surface area contributed by atoms with Crippen molar-refractivity contribution in [2.75, 3.05) is 20.2 Å². The summed E-state index contributed by atoms with van der Waals surface area (Å²) in [6.07, 6.45) is 2.92. The lowest BCUT2D eigenvalue weighted by molar-refractivity contribution is 0.101. The van der Waals surface area contributed by atoms with E-state index < -0.39 is 0 Å². The van der Waals surface area contributed by atoms with Crippen molar-refractivity contribution < 1.29 is 19.4 Å². The Morgan fingerprint density at radius 2 is 1.97 bits per heavy atom. The van der Waals surface area contributed by atoms with E-state index in [0.29, 0.717) is 46.6 Å². The number of allylic oxidation sites excluding steroid dienone is 1. The molecule has 31 heavy (non-hydrogen) atoms. The summed E-state index contributed by atoms with van der Waals surface area (Å²) in [6.45, 7) is 8.85. The number of ether oxygens (including phenoxy) is 2. The van der Waals surface area contributed by atoms with Crippen LogP contribution in [0.1, 0.15) is 47.3 Å². The number of ketones is 1. The molecule has 2 heterocycles. The zero-order valence-corrected chi connectivity index (χ0v) is 20.0. The Hall–Kier alpha value is -2.31. The van der Waals surface area contributed by atoms with E-state index >= 15 is 0 Å². The predicted octanol–water partition coefficient (Wildman–Crippen LogP) is 5.57. The summed E-state index contributed by atoms with van der Waals surface area (Å²) in [6, 6.07) is 7.28. The van der Waals surface area contributed by atoms with Gasteiger partial charge in [0, 0.05) is 29.7 Å². The maximum atomic E-state index is 13.2. The first kappa shape index (κ1) is 21.9. The molecule has 164 valence electrons. The molecular weight excluding hydrogens is 458 g/mol. The zero-order valence-electron chi connectivity index (χ0n) is 18.4. The average molecular weight is 486 g/mol. The zero-order chi connectivity index (χ0) is 22.3. The van der Waals surface area contributed by atoms with Crippen molar-refractivity contribution in [3.05, 3.63) is 56.8 Å². The molecule has 4 rings (SSSR count). The number of hydrogen-bond acceptors (Lipinski definition) is 5. The first-order valence-corrected chi connectivity index (χ1v) is 11.4. The Kier molecular flexibility index (Phi) is 6.13. The molecule has 1 fully saturated rings. The number of methoxy groups -OCH3 is 1. The summed E-state index contributed by atoms with van der Waals surface area (Å²) in [5.41, 5.74) is 2.67.